The average molecular weight is 295 g/mol. The van der Waals surface area contributed by atoms with Crippen molar-refractivity contribution in [3.8, 4) is 5.75 Å². The molecule has 2 aromatic carbocycles. The van der Waals surface area contributed by atoms with Gasteiger partial charge in [-0.1, -0.05) is 36.4 Å². The zero-order valence-corrected chi connectivity index (χ0v) is 13.1. The minimum Gasteiger partial charge on any atom is -0.497 e. The number of carbonyl (C=O) groups excluding carboxylic acids is 1. The van der Waals surface area contributed by atoms with E-state index >= 15 is 0 Å². The van der Waals surface area contributed by atoms with Gasteiger partial charge in [0, 0.05) is 7.05 Å². The normalized spacial score (nSPS) is 16.2. The first kappa shape index (κ1) is 14.6. The van der Waals surface area contributed by atoms with Gasteiger partial charge < -0.3 is 9.64 Å². The Labute approximate surface area is 131 Å². The summed E-state index contributed by atoms with van der Waals surface area (Å²) in [4.78, 5) is 14.5. The predicted molar refractivity (Wildman–Crippen MR) is 87.0 cm³/mol. The highest BCUT2D eigenvalue weighted by Gasteiger charge is 2.28. The van der Waals surface area contributed by atoms with E-state index in [0.717, 1.165) is 24.2 Å². The molecule has 3 rings (SSSR count). The van der Waals surface area contributed by atoms with Crippen LogP contribution in [0.3, 0.4) is 0 Å². The lowest BCUT2D eigenvalue weighted by Crippen LogP contribution is -2.31. The van der Waals surface area contributed by atoms with E-state index in [2.05, 4.69) is 24.3 Å². The predicted octanol–water partition coefficient (Wildman–Crippen LogP) is 3.38. The molecule has 0 fully saturated rings. The van der Waals surface area contributed by atoms with Crippen LogP contribution in [0.25, 0.3) is 0 Å². The van der Waals surface area contributed by atoms with Crippen LogP contribution in [-0.2, 0) is 17.6 Å². The topological polar surface area (TPSA) is 29.5 Å². The number of carbonyl (C=O) groups is 1. The van der Waals surface area contributed by atoms with Gasteiger partial charge >= 0.3 is 0 Å². The monoisotopic (exact) mass is 295 g/mol. The molecule has 0 aromatic heterocycles. The number of hydrogen-bond acceptors (Lipinski definition) is 2. The molecule has 2 aromatic rings. The molecule has 0 heterocycles. The SMILES string of the molecule is COc1cccc(CC(=O)N(C)[C@H]2CCc3ccccc32)c1. The fraction of sp³-hybridized carbons (Fsp3) is 0.316. The quantitative estimate of drug-likeness (QED) is 0.865. The number of hydrogen-bond donors (Lipinski definition) is 0. The number of ether oxygens (including phenoxy) is 1. The molecule has 0 aliphatic heterocycles. The molecule has 3 heteroatoms. The maximum atomic E-state index is 12.6. The number of benzene rings is 2. The molecule has 0 spiro atoms. The van der Waals surface area contributed by atoms with Crippen LogP contribution in [0.2, 0.25) is 0 Å². The molecule has 3 nitrogen and oxygen atoms in total. The number of nitrogens with zero attached hydrogens (tertiary/aromatic N) is 1. The molecule has 1 aliphatic carbocycles. The molecular formula is C19H21NO2. The van der Waals surface area contributed by atoms with Gasteiger partial charge in [-0.25, -0.2) is 0 Å². The van der Waals surface area contributed by atoms with Crippen molar-refractivity contribution in [1.29, 1.82) is 0 Å². The smallest absolute Gasteiger partial charge is 0.227 e. The van der Waals surface area contributed by atoms with Crippen molar-refractivity contribution >= 4 is 5.91 Å². The van der Waals surface area contributed by atoms with Crippen LogP contribution in [-0.4, -0.2) is 25.0 Å². The third-order valence-corrected chi connectivity index (χ3v) is 4.45. The van der Waals surface area contributed by atoms with E-state index in [1.54, 1.807) is 7.11 Å². The summed E-state index contributed by atoms with van der Waals surface area (Å²) in [5, 5.41) is 0. The van der Waals surface area contributed by atoms with E-state index in [1.165, 1.54) is 11.1 Å². The Hall–Kier alpha value is -2.29. The fourth-order valence-electron chi connectivity index (χ4n) is 3.19. The molecule has 0 saturated carbocycles. The standard InChI is InChI=1S/C19H21NO2/c1-20(18-11-10-15-7-3-4-9-17(15)18)19(21)13-14-6-5-8-16(12-14)22-2/h3-9,12,18H,10-11,13H2,1-2H3/t18-/m0/s1. The van der Waals surface area contributed by atoms with Gasteiger partial charge in [0.05, 0.1) is 19.6 Å². The first-order chi connectivity index (χ1) is 10.7. The fourth-order valence-corrected chi connectivity index (χ4v) is 3.19. The first-order valence-electron chi connectivity index (χ1n) is 7.65. The molecule has 0 unspecified atom stereocenters. The maximum Gasteiger partial charge on any atom is 0.227 e. The Kier molecular flexibility index (Phi) is 4.14. The molecule has 0 radical (unpaired) electrons. The zero-order valence-electron chi connectivity index (χ0n) is 13.1. The second-order valence-electron chi connectivity index (χ2n) is 5.79. The van der Waals surface area contributed by atoms with Crippen molar-refractivity contribution in [3.63, 3.8) is 0 Å². The van der Waals surface area contributed by atoms with Crippen molar-refractivity contribution in [3.05, 3.63) is 65.2 Å². The van der Waals surface area contributed by atoms with Gasteiger partial charge in [0.2, 0.25) is 5.91 Å². The Morgan fingerprint density at radius 2 is 2.05 bits per heavy atom. The number of methoxy groups -OCH3 is 1. The van der Waals surface area contributed by atoms with Gasteiger partial charge in [-0.05, 0) is 41.7 Å². The van der Waals surface area contributed by atoms with Gasteiger partial charge in [-0.3, -0.25) is 4.79 Å². The van der Waals surface area contributed by atoms with Gasteiger partial charge in [-0.15, -0.1) is 0 Å². The Morgan fingerprint density at radius 3 is 2.86 bits per heavy atom. The molecule has 114 valence electrons. The zero-order chi connectivity index (χ0) is 15.5. The largest absolute Gasteiger partial charge is 0.497 e. The minimum absolute atomic E-state index is 0.148. The van der Waals surface area contributed by atoms with Crippen LogP contribution >= 0.6 is 0 Å². The summed E-state index contributed by atoms with van der Waals surface area (Å²) in [6.07, 6.45) is 2.48. The average Bonchev–Trinajstić information content (AvgIpc) is 2.98. The second kappa shape index (κ2) is 6.22. The molecular weight excluding hydrogens is 274 g/mol. The second-order valence-corrected chi connectivity index (χ2v) is 5.79. The van der Waals surface area contributed by atoms with Crippen LogP contribution in [0.4, 0.5) is 0 Å². The lowest BCUT2D eigenvalue weighted by molar-refractivity contribution is -0.131. The van der Waals surface area contributed by atoms with Gasteiger partial charge in [0.1, 0.15) is 5.75 Å². The molecule has 1 amide bonds. The van der Waals surface area contributed by atoms with E-state index in [4.69, 9.17) is 4.74 Å². The number of aryl methyl sites for hydroxylation is 1. The Bertz CT molecular complexity index is 681. The summed E-state index contributed by atoms with van der Waals surface area (Å²) >= 11 is 0. The van der Waals surface area contributed by atoms with E-state index in [9.17, 15) is 4.79 Å². The van der Waals surface area contributed by atoms with Crippen molar-refractivity contribution in [1.82, 2.24) is 4.90 Å². The molecule has 1 atom stereocenters. The molecule has 1 aliphatic rings. The van der Waals surface area contributed by atoms with E-state index in [0.29, 0.717) is 6.42 Å². The maximum absolute atomic E-state index is 12.6. The summed E-state index contributed by atoms with van der Waals surface area (Å²) in [5.41, 5.74) is 3.65. The molecule has 22 heavy (non-hydrogen) atoms. The first-order valence-corrected chi connectivity index (χ1v) is 7.65. The van der Waals surface area contributed by atoms with Crippen molar-refractivity contribution < 1.29 is 9.53 Å². The van der Waals surface area contributed by atoms with Gasteiger partial charge in [0.25, 0.3) is 0 Å². The number of amides is 1. The summed E-state index contributed by atoms with van der Waals surface area (Å²) in [6.45, 7) is 0. The van der Waals surface area contributed by atoms with Crippen LogP contribution in [0.1, 0.15) is 29.2 Å². The lowest BCUT2D eigenvalue weighted by Gasteiger charge is -2.25. The highest BCUT2D eigenvalue weighted by molar-refractivity contribution is 5.79. The van der Waals surface area contributed by atoms with Crippen LogP contribution in [0.15, 0.2) is 48.5 Å². The molecule has 0 N–H and O–H groups in total. The number of rotatable bonds is 4. The summed E-state index contributed by atoms with van der Waals surface area (Å²) in [6, 6.07) is 16.3. The van der Waals surface area contributed by atoms with E-state index in [1.807, 2.05) is 36.2 Å². The highest BCUT2D eigenvalue weighted by atomic mass is 16.5. The van der Waals surface area contributed by atoms with Crippen molar-refractivity contribution in [2.75, 3.05) is 14.2 Å². The third kappa shape index (κ3) is 2.84. The van der Waals surface area contributed by atoms with Gasteiger partial charge in [0.15, 0.2) is 0 Å². The van der Waals surface area contributed by atoms with E-state index < -0.39 is 0 Å². The molecule has 0 bridgehead atoms. The lowest BCUT2D eigenvalue weighted by atomic mass is 10.1. The van der Waals surface area contributed by atoms with Crippen LogP contribution < -0.4 is 4.74 Å². The van der Waals surface area contributed by atoms with Crippen LogP contribution in [0.5, 0.6) is 5.75 Å². The molecule has 0 saturated heterocycles. The van der Waals surface area contributed by atoms with Crippen molar-refractivity contribution in [2.45, 2.75) is 25.3 Å². The summed E-state index contributed by atoms with van der Waals surface area (Å²) < 4.78 is 5.22. The van der Waals surface area contributed by atoms with E-state index in [-0.39, 0.29) is 11.9 Å². The minimum atomic E-state index is 0.148. The Balaban J connectivity index is 1.73. The van der Waals surface area contributed by atoms with Crippen molar-refractivity contribution in [2.24, 2.45) is 0 Å². The van der Waals surface area contributed by atoms with Gasteiger partial charge in [-0.2, -0.15) is 0 Å². The number of fused-ring (bicyclic) bond motifs is 1. The summed E-state index contributed by atoms with van der Waals surface area (Å²) in [5.74, 6) is 0.939. The Morgan fingerprint density at radius 1 is 1.23 bits per heavy atom. The highest BCUT2D eigenvalue weighted by Crippen LogP contribution is 2.35. The van der Waals surface area contributed by atoms with Crippen LogP contribution in [0, 0.1) is 0 Å². The summed E-state index contributed by atoms with van der Waals surface area (Å²) in [7, 11) is 3.55. The third-order valence-electron chi connectivity index (χ3n) is 4.45. The number of likely N-dealkylation sites (N-methyl/N-ethyl adjacent to an activating group) is 1.